The molecule has 5 heteroatoms. The lowest BCUT2D eigenvalue weighted by Gasteiger charge is -2.21. The lowest BCUT2D eigenvalue weighted by molar-refractivity contribution is -0.123. The Labute approximate surface area is 132 Å². The van der Waals surface area contributed by atoms with Gasteiger partial charge in [-0.25, -0.2) is 0 Å². The quantitative estimate of drug-likeness (QED) is 0.845. The second-order valence-corrected chi connectivity index (χ2v) is 5.77. The average molecular weight is 319 g/mol. The molecule has 3 nitrogen and oxygen atoms in total. The molecule has 0 radical (unpaired) electrons. The van der Waals surface area contributed by atoms with Crippen LogP contribution < -0.4 is 11.1 Å². The van der Waals surface area contributed by atoms with Crippen molar-refractivity contribution in [3.63, 3.8) is 0 Å². The summed E-state index contributed by atoms with van der Waals surface area (Å²) in [5.74, 6) is 0.0819. The minimum absolute atomic E-state index is 0. The topological polar surface area (TPSA) is 55.1 Å². The summed E-state index contributed by atoms with van der Waals surface area (Å²) in [4.78, 5) is 12.3. The molecule has 3 N–H and O–H groups in total. The van der Waals surface area contributed by atoms with Crippen LogP contribution in [0.1, 0.15) is 38.7 Å². The van der Waals surface area contributed by atoms with Crippen molar-refractivity contribution >= 4 is 29.9 Å². The average Bonchev–Trinajstić information content (AvgIpc) is 2.28. The molecule has 0 aliphatic rings. The maximum atomic E-state index is 12.3. The molecule has 1 rings (SSSR count). The Bertz CT molecular complexity index is 422. The molecule has 0 bridgehead atoms. The van der Waals surface area contributed by atoms with Crippen LogP contribution in [-0.4, -0.2) is 18.5 Å². The Morgan fingerprint density at radius 2 is 2.00 bits per heavy atom. The lowest BCUT2D eigenvalue weighted by atomic mass is 9.87. The Kier molecular flexibility index (Phi) is 8.86. The Balaban J connectivity index is 0.00000361. The molecule has 0 aliphatic carbocycles. The summed E-state index contributed by atoms with van der Waals surface area (Å²) in [7, 11) is 0. The summed E-state index contributed by atoms with van der Waals surface area (Å²) in [6.45, 7) is 6.62. The molecule has 1 aromatic rings. The van der Waals surface area contributed by atoms with E-state index in [1.807, 2.05) is 45.0 Å². The smallest absolute Gasteiger partial charge is 0.227 e. The number of nitrogens with one attached hydrogen (secondary N) is 1. The SMILES string of the molecule is CC(N)CCNC(=O)C(c1cccc(Cl)c1)C(C)C.Cl. The Morgan fingerprint density at radius 3 is 2.50 bits per heavy atom. The highest BCUT2D eigenvalue weighted by molar-refractivity contribution is 6.30. The zero-order valence-electron chi connectivity index (χ0n) is 12.2. The van der Waals surface area contributed by atoms with E-state index >= 15 is 0 Å². The molecule has 2 unspecified atom stereocenters. The molecule has 2 atom stereocenters. The molecule has 0 fully saturated rings. The second-order valence-electron chi connectivity index (χ2n) is 5.33. The van der Waals surface area contributed by atoms with Crippen LogP contribution in [0.15, 0.2) is 24.3 Å². The van der Waals surface area contributed by atoms with Gasteiger partial charge >= 0.3 is 0 Å². The fourth-order valence-corrected chi connectivity index (χ4v) is 2.27. The first-order valence-corrected chi connectivity index (χ1v) is 7.08. The van der Waals surface area contributed by atoms with Gasteiger partial charge < -0.3 is 11.1 Å². The van der Waals surface area contributed by atoms with Gasteiger partial charge in [0, 0.05) is 17.6 Å². The van der Waals surface area contributed by atoms with E-state index in [9.17, 15) is 4.79 Å². The predicted molar refractivity (Wildman–Crippen MR) is 87.6 cm³/mol. The van der Waals surface area contributed by atoms with Crippen molar-refractivity contribution in [2.45, 2.75) is 39.2 Å². The van der Waals surface area contributed by atoms with Crippen molar-refractivity contribution in [1.82, 2.24) is 5.32 Å². The summed E-state index contributed by atoms with van der Waals surface area (Å²) in [5.41, 5.74) is 6.64. The zero-order valence-corrected chi connectivity index (χ0v) is 13.8. The fourth-order valence-electron chi connectivity index (χ4n) is 2.07. The third kappa shape index (κ3) is 6.12. The number of hydrogen-bond acceptors (Lipinski definition) is 2. The summed E-state index contributed by atoms with van der Waals surface area (Å²) in [6.07, 6.45) is 0.784. The van der Waals surface area contributed by atoms with Crippen LogP contribution >= 0.6 is 24.0 Å². The molecule has 0 aliphatic heterocycles. The molecule has 0 saturated carbocycles. The lowest BCUT2D eigenvalue weighted by Crippen LogP contribution is -2.34. The van der Waals surface area contributed by atoms with Crippen molar-refractivity contribution in [2.75, 3.05) is 6.54 Å². The molecular formula is C15H24Cl2N2O. The predicted octanol–water partition coefficient (Wildman–Crippen LogP) is 3.35. The Hall–Kier alpha value is -0.770. The summed E-state index contributed by atoms with van der Waals surface area (Å²) < 4.78 is 0. The number of nitrogens with two attached hydrogens (primary N) is 1. The van der Waals surface area contributed by atoms with Gasteiger partial charge in [0.2, 0.25) is 5.91 Å². The number of carbonyl (C=O) groups excluding carboxylic acids is 1. The third-order valence-electron chi connectivity index (χ3n) is 3.06. The highest BCUT2D eigenvalue weighted by Gasteiger charge is 2.23. The molecule has 0 heterocycles. The van der Waals surface area contributed by atoms with Crippen LogP contribution in [0.5, 0.6) is 0 Å². The molecule has 0 spiro atoms. The van der Waals surface area contributed by atoms with Gasteiger partial charge in [0.15, 0.2) is 0 Å². The zero-order chi connectivity index (χ0) is 14.4. The van der Waals surface area contributed by atoms with Gasteiger partial charge in [0.05, 0.1) is 5.92 Å². The van der Waals surface area contributed by atoms with Gasteiger partial charge in [-0.15, -0.1) is 12.4 Å². The van der Waals surface area contributed by atoms with Crippen molar-refractivity contribution in [1.29, 1.82) is 0 Å². The van der Waals surface area contributed by atoms with Crippen LogP contribution in [0.2, 0.25) is 5.02 Å². The number of halogens is 2. The number of carbonyl (C=O) groups is 1. The molecule has 1 aromatic carbocycles. The van der Waals surface area contributed by atoms with Crippen LogP contribution in [-0.2, 0) is 4.79 Å². The Morgan fingerprint density at radius 1 is 1.35 bits per heavy atom. The first kappa shape index (κ1) is 19.2. The number of rotatable bonds is 6. The number of benzene rings is 1. The van der Waals surface area contributed by atoms with E-state index in [0.29, 0.717) is 11.6 Å². The molecular weight excluding hydrogens is 295 g/mol. The van der Waals surface area contributed by atoms with Gasteiger partial charge in [-0.1, -0.05) is 37.6 Å². The first-order valence-electron chi connectivity index (χ1n) is 6.70. The van der Waals surface area contributed by atoms with Crippen LogP contribution in [0.3, 0.4) is 0 Å². The first-order chi connectivity index (χ1) is 8.91. The van der Waals surface area contributed by atoms with Crippen LogP contribution in [0, 0.1) is 5.92 Å². The van der Waals surface area contributed by atoms with Crippen molar-refractivity contribution < 1.29 is 4.79 Å². The van der Waals surface area contributed by atoms with Crippen molar-refractivity contribution in [3.05, 3.63) is 34.9 Å². The largest absolute Gasteiger partial charge is 0.356 e. The summed E-state index contributed by atoms with van der Waals surface area (Å²) in [5, 5.41) is 3.61. The number of hydrogen-bond donors (Lipinski definition) is 2. The van der Waals surface area contributed by atoms with E-state index in [-0.39, 0.29) is 36.2 Å². The van der Waals surface area contributed by atoms with Crippen LogP contribution in [0.25, 0.3) is 0 Å². The monoisotopic (exact) mass is 318 g/mol. The second kappa shape index (κ2) is 9.22. The standard InChI is InChI=1S/C15H23ClN2O.ClH/c1-10(2)14(12-5-4-6-13(16)9-12)15(19)18-8-7-11(3)17;/h4-6,9-11,14H,7-8,17H2,1-3H3,(H,18,19);1H. The third-order valence-corrected chi connectivity index (χ3v) is 3.29. The van der Waals surface area contributed by atoms with Crippen molar-refractivity contribution in [3.8, 4) is 0 Å². The fraction of sp³-hybridized carbons (Fsp3) is 0.533. The highest BCUT2D eigenvalue weighted by atomic mass is 35.5. The maximum absolute atomic E-state index is 12.3. The van der Waals surface area contributed by atoms with Gasteiger partial charge in [-0.2, -0.15) is 0 Å². The minimum Gasteiger partial charge on any atom is -0.356 e. The van der Waals surface area contributed by atoms with Crippen molar-refractivity contribution in [2.24, 2.45) is 11.7 Å². The molecule has 1 amide bonds. The summed E-state index contributed by atoms with van der Waals surface area (Å²) >= 11 is 6.00. The van der Waals surface area contributed by atoms with Crippen LogP contribution in [0.4, 0.5) is 0 Å². The highest BCUT2D eigenvalue weighted by Crippen LogP contribution is 2.26. The minimum atomic E-state index is -0.174. The van der Waals surface area contributed by atoms with Gasteiger partial charge in [0.1, 0.15) is 0 Å². The molecule has 114 valence electrons. The molecule has 0 saturated heterocycles. The van der Waals surface area contributed by atoms with E-state index in [4.69, 9.17) is 17.3 Å². The molecule has 20 heavy (non-hydrogen) atoms. The van der Waals surface area contributed by atoms with Gasteiger partial charge in [-0.05, 0) is 37.0 Å². The number of amides is 1. The molecule has 0 aromatic heterocycles. The summed E-state index contributed by atoms with van der Waals surface area (Å²) in [6, 6.07) is 7.60. The van der Waals surface area contributed by atoms with E-state index in [0.717, 1.165) is 12.0 Å². The van der Waals surface area contributed by atoms with E-state index in [2.05, 4.69) is 5.32 Å². The van der Waals surface area contributed by atoms with E-state index < -0.39 is 0 Å². The van der Waals surface area contributed by atoms with Gasteiger partial charge in [0.25, 0.3) is 0 Å². The van der Waals surface area contributed by atoms with E-state index in [1.165, 1.54) is 0 Å². The van der Waals surface area contributed by atoms with E-state index in [1.54, 1.807) is 0 Å². The maximum Gasteiger partial charge on any atom is 0.227 e. The normalized spacial score (nSPS) is 13.5. The van der Waals surface area contributed by atoms with Gasteiger partial charge in [-0.3, -0.25) is 4.79 Å².